The van der Waals surface area contributed by atoms with Crippen LogP contribution in [0, 0.1) is 5.82 Å². The Morgan fingerprint density at radius 2 is 2.06 bits per heavy atom. The van der Waals surface area contributed by atoms with Crippen molar-refractivity contribution in [1.82, 2.24) is 9.97 Å². The highest BCUT2D eigenvalue weighted by molar-refractivity contribution is 6.30. The van der Waals surface area contributed by atoms with E-state index in [1.165, 1.54) is 12.4 Å². The molecule has 0 amide bonds. The Kier molecular flexibility index (Phi) is 3.01. The largest absolute Gasteiger partial charge is 0.373 e. The monoisotopic (exact) mass is 237 g/mol. The minimum atomic E-state index is -0.395. The molecule has 0 radical (unpaired) electrons. The topological polar surface area (TPSA) is 37.8 Å². The molecule has 0 bridgehead atoms. The molecule has 0 aliphatic heterocycles. The number of benzene rings is 1. The predicted octanol–water partition coefficient (Wildman–Crippen LogP) is 2.98. The Morgan fingerprint density at radius 3 is 2.75 bits per heavy atom. The van der Waals surface area contributed by atoms with Gasteiger partial charge in [0.1, 0.15) is 18.0 Å². The first-order chi connectivity index (χ1) is 7.70. The summed E-state index contributed by atoms with van der Waals surface area (Å²) in [4.78, 5) is 7.97. The third-order valence-corrected chi connectivity index (χ3v) is 2.37. The smallest absolute Gasteiger partial charge is 0.134 e. The summed E-state index contributed by atoms with van der Waals surface area (Å²) in [6.07, 6.45) is 1.38. The molecule has 3 nitrogen and oxygen atoms in total. The van der Waals surface area contributed by atoms with Gasteiger partial charge in [0.2, 0.25) is 0 Å². The molecule has 0 spiro atoms. The number of nitrogens with one attached hydrogen (secondary N) is 1. The molecule has 2 rings (SSSR count). The summed E-state index contributed by atoms with van der Waals surface area (Å²) in [5, 5.41) is 3.23. The number of hydrogen-bond acceptors (Lipinski definition) is 3. The minimum Gasteiger partial charge on any atom is -0.373 e. The van der Waals surface area contributed by atoms with Gasteiger partial charge in [0, 0.05) is 23.7 Å². The van der Waals surface area contributed by atoms with Gasteiger partial charge in [0.15, 0.2) is 0 Å². The second kappa shape index (κ2) is 4.45. The fourth-order valence-corrected chi connectivity index (χ4v) is 1.50. The molecule has 16 heavy (non-hydrogen) atoms. The maximum Gasteiger partial charge on any atom is 0.134 e. The lowest BCUT2D eigenvalue weighted by Gasteiger charge is -2.04. The van der Waals surface area contributed by atoms with Gasteiger partial charge < -0.3 is 5.32 Å². The van der Waals surface area contributed by atoms with Gasteiger partial charge in [-0.1, -0.05) is 11.6 Å². The van der Waals surface area contributed by atoms with Gasteiger partial charge in [-0.15, -0.1) is 0 Å². The first-order valence-corrected chi connectivity index (χ1v) is 5.03. The van der Waals surface area contributed by atoms with E-state index >= 15 is 0 Å². The third-order valence-electron chi connectivity index (χ3n) is 2.13. The molecule has 1 aromatic heterocycles. The Labute approximate surface area is 97.3 Å². The molecule has 0 saturated heterocycles. The Morgan fingerprint density at radius 1 is 1.25 bits per heavy atom. The van der Waals surface area contributed by atoms with Crippen molar-refractivity contribution in [2.45, 2.75) is 0 Å². The van der Waals surface area contributed by atoms with Gasteiger partial charge in [-0.3, -0.25) is 0 Å². The lowest BCUT2D eigenvalue weighted by Crippen LogP contribution is -1.95. The van der Waals surface area contributed by atoms with Crippen molar-refractivity contribution >= 4 is 17.4 Å². The van der Waals surface area contributed by atoms with E-state index in [1.807, 2.05) is 0 Å². The van der Waals surface area contributed by atoms with Gasteiger partial charge in [0.25, 0.3) is 0 Å². The third kappa shape index (κ3) is 2.12. The van der Waals surface area contributed by atoms with Crippen molar-refractivity contribution in [1.29, 1.82) is 0 Å². The lowest BCUT2D eigenvalue weighted by atomic mass is 10.1. The van der Waals surface area contributed by atoms with Crippen LogP contribution in [-0.2, 0) is 0 Å². The molecule has 1 N–H and O–H groups in total. The molecule has 0 aliphatic rings. The first-order valence-electron chi connectivity index (χ1n) is 4.66. The maximum atomic E-state index is 13.6. The normalized spacial score (nSPS) is 10.2. The molecular formula is C11H9ClFN3. The Bertz CT molecular complexity index is 516. The van der Waals surface area contributed by atoms with E-state index in [0.29, 0.717) is 22.1 Å². The van der Waals surface area contributed by atoms with Gasteiger partial charge in [-0.25, -0.2) is 14.4 Å². The average molecular weight is 238 g/mol. The zero-order valence-corrected chi connectivity index (χ0v) is 9.29. The van der Waals surface area contributed by atoms with E-state index < -0.39 is 5.82 Å². The van der Waals surface area contributed by atoms with Gasteiger partial charge in [-0.2, -0.15) is 0 Å². The average Bonchev–Trinajstić information content (AvgIpc) is 2.29. The first kappa shape index (κ1) is 10.8. The number of hydrogen-bond donors (Lipinski definition) is 1. The van der Waals surface area contributed by atoms with E-state index in [-0.39, 0.29) is 0 Å². The van der Waals surface area contributed by atoms with E-state index in [1.54, 1.807) is 25.2 Å². The predicted molar refractivity (Wildman–Crippen MR) is 62.0 cm³/mol. The van der Waals surface area contributed by atoms with Crippen molar-refractivity contribution in [3.8, 4) is 11.3 Å². The molecular weight excluding hydrogens is 229 g/mol. The number of anilines is 1. The Hall–Kier alpha value is -1.68. The molecule has 0 unspecified atom stereocenters. The summed E-state index contributed by atoms with van der Waals surface area (Å²) >= 11 is 5.68. The number of rotatable bonds is 2. The molecule has 0 atom stereocenters. The summed E-state index contributed by atoms with van der Waals surface area (Å²) < 4.78 is 13.6. The summed E-state index contributed by atoms with van der Waals surface area (Å²) in [7, 11) is 1.74. The molecule has 1 aromatic carbocycles. The van der Waals surface area contributed by atoms with Gasteiger partial charge >= 0.3 is 0 Å². The highest BCUT2D eigenvalue weighted by Crippen LogP contribution is 2.24. The van der Waals surface area contributed by atoms with Crippen LogP contribution >= 0.6 is 11.6 Å². The number of aromatic nitrogens is 2. The van der Waals surface area contributed by atoms with E-state index in [9.17, 15) is 4.39 Å². The van der Waals surface area contributed by atoms with Gasteiger partial charge in [0.05, 0.1) is 5.69 Å². The van der Waals surface area contributed by atoms with Gasteiger partial charge in [-0.05, 0) is 18.2 Å². The van der Waals surface area contributed by atoms with Crippen LogP contribution < -0.4 is 5.32 Å². The van der Waals surface area contributed by atoms with E-state index in [2.05, 4.69) is 15.3 Å². The summed E-state index contributed by atoms with van der Waals surface area (Å²) in [6.45, 7) is 0. The maximum absolute atomic E-state index is 13.6. The molecule has 0 saturated carbocycles. The number of nitrogens with zero attached hydrogens (tertiary/aromatic N) is 2. The highest BCUT2D eigenvalue weighted by atomic mass is 35.5. The summed E-state index contributed by atoms with van der Waals surface area (Å²) in [6, 6.07) is 6.16. The van der Waals surface area contributed by atoms with E-state index in [4.69, 9.17) is 11.6 Å². The van der Waals surface area contributed by atoms with Crippen LogP contribution in [0.2, 0.25) is 5.02 Å². The second-order valence-electron chi connectivity index (χ2n) is 3.16. The van der Waals surface area contributed by atoms with Crippen molar-refractivity contribution in [2.75, 3.05) is 12.4 Å². The minimum absolute atomic E-state index is 0.365. The van der Waals surface area contributed by atoms with E-state index in [0.717, 1.165) is 0 Å². The highest BCUT2D eigenvalue weighted by Gasteiger charge is 2.07. The summed E-state index contributed by atoms with van der Waals surface area (Å²) in [5.41, 5.74) is 0.928. The lowest BCUT2D eigenvalue weighted by molar-refractivity contribution is 0.631. The molecule has 82 valence electrons. The zero-order chi connectivity index (χ0) is 11.5. The second-order valence-corrected chi connectivity index (χ2v) is 3.60. The Balaban J connectivity index is 2.49. The van der Waals surface area contributed by atoms with Crippen LogP contribution in [-0.4, -0.2) is 17.0 Å². The fourth-order valence-electron chi connectivity index (χ4n) is 1.34. The quantitative estimate of drug-likeness (QED) is 0.873. The molecule has 1 heterocycles. The van der Waals surface area contributed by atoms with Crippen LogP contribution in [0.4, 0.5) is 10.2 Å². The molecule has 0 fully saturated rings. The van der Waals surface area contributed by atoms with Crippen molar-refractivity contribution in [3.05, 3.63) is 41.4 Å². The molecule has 5 heteroatoms. The standard InChI is InChI=1S/C11H9ClFN3/c1-14-11-5-10(15-6-16-11)8-3-2-7(12)4-9(8)13/h2-6H,1H3,(H,14,15,16). The van der Waals surface area contributed by atoms with Crippen LogP contribution in [0.1, 0.15) is 0 Å². The van der Waals surface area contributed by atoms with Crippen LogP contribution in [0.3, 0.4) is 0 Å². The fraction of sp³-hybridized carbons (Fsp3) is 0.0909. The van der Waals surface area contributed by atoms with Crippen LogP contribution in [0.25, 0.3) is 11.3 Å². The van der Waals surface area contributed by atoms with Crippen molar-refractivity contribution < 1.29 is 4.39 Å². The van der Waals surface area contributed by atoms with Crippen molar-refractivity contribution in [2.24, 2.45) is 0 Å². The van der Waals surface area contributed by atoms with Crippen molar-refractivity contribution in [3.63, 3.8) is 0 Å². The van der Waals surface area contributed by atoms with Crippen LogP contribution in [0.15, 0.2) is 30.6 Å². The zero-order valence-electron chi connectivity index (χ0n) is 8.54. The molecule has 2 aromatic rings. The molecule has 0 aliphatic carbocycles. The summed E-state index contributed by atoms with van der Waals surface area (Å²) in [5.74, 6) is 0.243. The SMILES string of the molecule is CNc1cc(-c2ccc(Cl)cc2F)ncn1. The van der Waals surface area contributed by atoms with Crippen LogP contribution in [0.5, 0.6) is 0 Å². The number of halogens is 2.